The minimum absolute atomic E-state index is 0.141. The van der Waals surface area contributed by atoms with E-state index < -0.39 is 5.60 Å². The van der Waals surface area contributed by atoms with Crippen LogP contribution in [0.3, 0.4) is 0 Å². The summed E-state index contributed by atoms with van der Waals surface area (Å²) in [7, 11) is 0. The molecule has 1 N–H and O–H groups in total. The zero-order chi connectivity index (χ0) is 19.4. The number of nitrogens with zero attached hydrogens (tertiary/aromatic N) is 2. The lowest BCUT2D eigenvalue weighted by Gasteiger charge is -2.31. The van der Waals surface area contributed by atoms with Crippen LogP contribution < -0.4 is 10.2 Å². The highest BCUT2D eigenvalue weighted by Crippen LogP contribution is 2.28. The van der Waals surface area contributed by atoms with Gasteiger partial charge >= 0.3 is 6.09 Å². The van der Waals surface area contributed by atoms with Crippen molar-refractivity contribution >= 4 is 27.7 Å². The van der Waals surface area contributed by atoms with Crippen LogP contribution in [0, 0.1) is 0 Å². The molecule has 0 aromatic heterocycles. The number of carbonyl (C=O) groups is 1. The SMILES string of the molecule is CC(C)(C)OC(=O)NC1CCN(Cc2ccc(Br)cc2N2CCOCC2)C1. The van der Waals surface area contributed by atoms with Crippen molar-refractivity contribution < 1.29 is 14.3 Å². The number of ether oxygens (including phenoxy) is 2. The third-order valence-electron chi connectivity index (χ3n) is 4.79. The van der Waals surface area contributed by atoms with Crippen LogP contribution in [-0.4, -0.2) is 62.0 Å². The first kappa shape index (κ1) is 20.4. The largest absolute Gasteiger partial charge is 0.444 e. The van der Waals surface area contributed by atoms with Crippen LogP contribution in [-0.2, 0) is 16.0 Å². The fourth-order valence-corrected chi connectivity index (χ4v) is 3.93. The van der Waals surface area contributed by atoms with Gasteiger partial charge in [0.25, 0.3) is 0 Å². The third-order valence-corrected chi connectivity index (χ3v) is 5.28. The number of morpholine rings is 1. The molecule has 27 heavy (non-hydrogen) atoms. The Labute approximate surface area is 170 Å². The molecule has 1 atom stereocenters. The fraction of sp³-hybridized carbons (Fsp3) is 0.650. The minimum atomic E-state index is -0.465. The molecule has 2 fully saturated rings. The summed E-state index contributed by atoms with van der Waals surface area (Å²) in [6, 6.07) is 6.64. The Morgan fingerprint density at radius 1 is 1.30 bits per heavy atom. The summed E-state index contributed by atoms with van der Waals surface area (Å²) >= 11 is 3.60. The minimum Gasteiger partial charge on any atom is -0.444 e. The molecular formula is C20H30BrN3O3. The van der Waals surface area contributed by atoms with Crippen LogP contribution in [0.25, 0.3) is 0 Å². The van der Waals surface area contributed by atoms with Crippen molar-refractivity contribution in [3.8, 4) is 0 Å². The molecule has 150 valence electrons. The predicted octanol–water partition coefficient (Wildman–Crippen LogP) is 3.38. The Kier molecular flexibility index (Phi) is 6.65. The molecule has 2 aliphatic heterocycles. The number of halogens is 1. The Balaban J connectivity index is 1.59. The van der Waals surface area contributed by atoms with Crippen LogP contribution in [0.15, 0.2) is 22.7 Å². The molecule has 2 heterocycles. The molecule has 0 spiro atoms. The number of carbonyl (C=O) groups excluding carboxylic acids is 1. The summed E-state index contributed by atoms with van der Waals surface area (Å²) in [4.78, 5) is 16.8. The molecular weight excluding hydrogens is 410 g/mol. The molecule has 2 saturated heterocycles. The van der Waals surface area contributed by atoms with E-state index in [1.807, 2.05) is 20.8 Å². The summed E-state index contributed by atoms with van der Waals surface area (Å²) in [5.41, 5.74) is 2.13. The second kappa shape index (κ2) is 8.80. The van der Waals surface area contributed by atoms with Gasteiger partial charge in [-0.25, -0.2) is 4.79 Å². The van der Waals surface area contributed by atoms with Gasteiger partial charge in [0.1, 0.15) is 5.60 Å². The van der Waals surface area contributed by atoms with Crippen LogP contribution in [0.2, 0.25) is 0 Å². The molecule has 6 nitrogen and oxygen atoms in total. The van der Waals surface area contributed by atoms with E-state index in [9.17, 15) is 4.79 Å². The number of likely N-dealkylation sites (tertiary alicyclic amines) is 1. The maximum Gasteiger partial charge on any atom is 0.407 e. The first-order valence-electron chi connectivity index (χ1n) is 9.63. The van der Waals surface area contributed by atoms with E-state index in [2.05, 4.69) is 49.2 Å². The van der Waals surface area contributed by atoms with Crippen molar-refractivity contribution in [1.82, 2.24) is 10.2 Å². The van der Waals surface area contributed by atoms with Crippen molar-refractivity contribution in [3.05, 3.63) is 28.2 Å². The fourth-order valence-electron chi connectivity index (χ4n) is 3.58. The Morgan fingerprint density at radius 3 is 2.74 bits per heavy atom. The van der Waals surface area contributed by atoms with E-state index in [-0.39, 0.29) is 12.1 Å². The second-order valence-electron chi connectivity index (χ2n) is 8.24. The predicted molar refractivity (Wildman–Crippen MR) is 110 cm³/mol. The summed E-state index contributed by atoms with van der Waals surface area (Å²) in [5, 5.41) is 3.00. The van der Waals surface area contributed by atoms with Gasteiger partial charge in [-0.1, -0.05) is 22.0 Å². The Bertz CT molecular complexity index is 656. The molecule has 0 saturated carbocycles. The molecule has 1 aromatic rings. The number of nitrogens with one attached hydrogen (secondary N) is 1. The number of amides is 1. The average molecular weight is 440 g/mol. The summed E-state index contributed by atoms with van der Waals surface area (Å²) in [6.07, 6.45) is 0.620. The van der Waals surface area contributed by atoms with Crippen molar-refractivity contribution in [2.75, 3.05) is 44.3 Å². The van der Waals surface area contributed by atoms with E-state index in [0.717, 1.165) is 56.8 Å². The van der Waals surface area contributed by atoms with Gasteiger partial charge in [0.2, 0.25) is 0 Å². The molecule has 0 bridgehead atoms. The van der Waals surface area contributed by atoms with Gasteiger partial charge in [-0.2, -0.15) is 0 Å². The zero-order valence-corrected chi connectivity index (χ0v) is 18.0. The lowest BCUT2D eigenvalue weighted by Crippen LogP contribution is -2.40. The van der Waals surface area contributed by atoms with Gasteiger partial charge in [-0.05, 0) is 44.9 Å². The molecule has 0 aliphatic carbocycles. The van der Waals surface area contributed by atoms with Crippen LogP contribution in [0.4, 0.5) is 10.5 Å². The number of hydrogen-bond acceptors (Lipinski definition) is 5. The first-order chi connectivity index (χ1) is 12.8. The van der Waals surface area contributed by atoms with Gasteiger partial charge in [0.05, 0.1) is 13.2 Å². The normalized spacial score (nSPS) is 21.3. The Morgan fingerprint density at radius 2 is 2.04 bits per heavy atom. The maximum atomic E-state index is 12.0. The molecule has 2 aliphatic rings. The lowest BCUT2D eigenvalue weighted by atomic mass is 10.1. The first-order valence-corrected chi connectivity index (χ1v) is 10.4. The molecule has 7 heteroatoms. The van der Waals surface area contributed by atoms with Gasteiger partial charge in [0.15, 0.2) is 0 Å². The van der Waals surface area contributed by atoms with Crippen molar-refractivity contribution in [3.63, 3.8) is 0 Å². The lowest BCUT2D eigenvalue weighted by molar-refractivity contribution is 0.0505. The number of hydrogen-bond donors (Lipinski definition) is 1. The van der Waals surface area contributed by atoms with E-state index in [4.69, 9.17) is 9.47 Å². The van der Waals surface area contributed by atoms with Gasteiger partial charge in [-0.3, -0.25) is 4.90 Å². The highest BCUT2D eigenvalue weighted by atomic mass is 79.9. The number of anilines is 1. The van der Waals surface area contributed by atoms with Gasteiger partial charge in [0, 0.05) is 48.9 Å². The van der Waals surface area contributed by atoms with Crippen molar-refractivity contribution in [2.24, 2.45) is 0 Å². The number of rotatable bonds is 4. The molecule has 0 radical (unpaired) electrons. The summed E-state index contributed by atoms with van der Waals surface area (Å²) in [6.45, 7) is 11.7. The highest BCUT2D eigenvalue weighted by molar-refractivity contribution is 9.10. The average Bonchev–Trinajstić information content (AvgIpc) is 3.02. The van der Waals surface area contributed by atoms with Crippen LogP contribution in [0.5, 0.6) is 0 Å². The monoisotopic (exact) mass is 439 g/mol. The standard InChI is InChI=1S/C20H30BrN3O3/c1-20(2,3)27-19(25)22-17-6-7-23(14-17)13-15-4-5-16(21)12-18(15)24-8-10-26-11-9-24/h4-5,12,17H,6-11,13-14H2,1-3H3,(H,22,25). The summed E-state index contributed by atoms with van der Waals surface area (Å²) < 4.78 is 12.0. The molecule has 1 amide bonds. The number of benzene rings is 1. The zero-order valence-electron chi connectivity index (χ0n) is 16.5. The number of alkyl carbamates (subject to hydrolysis) is 1. The van der Waals surface area contributed by atoms with Gasteiger partial charge in [-0.15, -0.1) is 0 Å². The maximum absolute atomic E-state index is 12.0. The quantitative estimate of drug-likeness (QED) is 0.778. The van der Waals surface area contributed by atoms with Crippen LogP contribution in [0.1, 0.15) is 32.8 Å². The van der Waals surface area contributed by atoms with E-state index in [1.165, 1.54) is 11.3 Å². The molecule has 1 unspecified atom stereocenters. The van der Waals surface area contributed by atoms with Crippen molar-refractivity contribution in [2.45, 2.75) is 45.4 Å². The summed E-state index contributed by atoms with van der Waals surface area (Å²) in [5.74, 6) is 0. The van der Waals surface area contributed by atoms with Crippen LogP contribution >= 0.6 is 15.9 Å². The highest BCUT2D eigenvalue weighted by Gasteiger charge is 2.27. The van der Waals surface area contributed by atoms with E-state index >= 15 is 0 Å². The molecule has 1 aromatic carbocycles. The van der Waals surface area contributed by atoms with Gasteiger partial charge < -0.3 is 19.7 Å². The molecule has 3 rings (SSSR count). The van der Waals surface area contributed by atoms with Crippen molar-refractivity contribution in [1.29, 1.82) is 0 Å². The third kappa shape index (κ3) is 6.09. The van der Waals surface area contributed by atoms with E-state index in [1.54, 1.807) is 0 Å². The van der Waals surface area contributed by atoms with E-state index in [0.29, 0.717) is 0 Å². The smallest absolute Gasteiger partial charge is 0.407 e. The second-order valence-corrected chi connectivity index (χ2v) is 9.16. The topological polar surface area (TPSA) is 54.0 Å². The Hall–Kier alpha value is -1.31.